The summed E-state index contributed by atoms with van der Waals surface area (Å²) in [4.78, 5) is 5.10. The zero-order valence-electron chi connectivity index (χ0n) is 10.9. The Morgan fingerprint density at radius 2 is 2.00 bits per heavy atom. The van der Waals surface area contributed by atoms with E-state index in [0.29, 0.717) is 26.6 Å². The van der Waals surface area contributed by atoms with Gasteiger partial charge in [-0.3, -0.25) is 4.98 Å². The molecule has 0 bridgehead atoms. The summed E-state index contributed by atoms with van der Waals surface area (Å²) in [5.74, 6) is -0.339. The van der Waals surface area contributed by atoms with E-state index >= 15 is 0 Å². The fourth-order valence-electron chi connectivity index (χ4n) is 2.16. The van der Waals surface area contributed by atoms with E-state index in [1.807, 2.05) is 6.07 Å². The first-order valence-electron chi connectivity index (χ1n) is 6.20. The van der Waals surface area contributed by atoms with E-state index in [2.05, 4.69) is 11.1 Å². The van der Waals surface area contributed by atoms with Crippen LogP contribution in [0.2, 0.25) is 0 Å². The van der Waals surface area contributed by atoms with E-state index < -0.39 is 0 Å². The van der Waals surface area contributed by atoms with Gasteiger partial charge < -0.3 is 5.73 Å². The number of rotatable bonds is 2. The van der Waals surface area contributed by atoms with Gasteiger partial charge in [0.1, 0.15) is 16.8 Å². The average molecular weight is 295 g/mol. The molecule has 0 unspecified atom stereocenters. The molecule has 0 saturated heterocycles. The van der Waals surface area contributed by atoms with Crippen molar-refractivity contribution in [3.63, 3.8) is 0 Å². The fraction of sp³-hybridized carbons (Fsp3) is 0. The second-order valence-electron chi connectivity index (χ2n) is 4.38. The highest BCUT2D eigenvalue weighted by atomic mass is 32.1. The lowest BCUT2D eigenvalue weighted by atomic mass is 10.0. The van der Waals surface area contributed by atoms with Crippen LogP contribution in [-0.4, -0.2) is 4.98 Å². The highest BCUT2D eigenvalue weighted by Gasteiger charge is 2.20. The van der Waals surface area contributed by atoms with Gasteiger partial charge in [0.05, 0.1) is 5.69 Å². The minimum atomic E-state index is -0.339. The molecule has 3 aromatic rings. The molecular formula is C16H10FN3S. The van der Waals surface area contributed by atoms with E-state index in [1.54, 1.807) is 36.7 Å². The van der Waals surface area contributed by atoms with Gasteiger partial charge in [0, 0.05) is 34.0 Å². The van der Waals surface area contributed by atoms with Crippen LogP contribution < -0.4 is 5.73 Å². The Morgan fingerprint density at radius 3 is 2.67 bits per heavy atom. The number of nitrogens with two attached hydrogens (primary N) is 1. The van der Waals surface area contributed by atoms with Crippen molar-refractivity contribution in [2.24, 2.45) is 0 Å². The summed E-state index contributed by atoms with van der Waals surface area (Å²) < 4.78 is 14.1. The molecule has 3 rings (SSSR count). The third-order valence-electron chi connectivity index (χ3n) is 3.12. The van der Waals surface area contributed by atoms with Gasteiger partial charge in [-0.2, -0.15) is 5.26 Å². The number of nitrogen functional groups attached to an aromatic ring is 1. The van der Waals surface area contributed by atoms with E-state index in [9.17, 15) is 9.65 Å². The molecule has 0 radical (unpaired) electrons. The molecule has 21 heavy (non-hydrogen) atoms. The molecule has 1 aromatic carbocycles. The van der Waals surface area contributed by atoms with Crippen LogP contribution >= 0.6 is 11.3 Å². The van der Waals surface area contributed by atoms with Gasteiger partial charge in [-0.15, -0.1) is 11.3 Å². The quantitative estimate of drug-likeness (QED) is 0.775. The average Bonchev–Trinajstić information content (AvgIpc) is 2.85. The van der Waals surface area contributed by atoms with Crippen LogP contribution in [0.1, 0.15) is 4.88 Å². The molecule has 0 aliphatic heterocycles. The van der Waals surface area contributed by atoms with Crippen LogP contribution in [0.25, 0.3) is 21.6 Å². The molecule has 5 heteroatoms. The zero-order valence-corrected chi connectivity index (χ0v) is 11.7. The Morgan fingerprint density at radius 1 is 1.19 bits per heavy atom. The lowest BCUT2D eigenvalue weighted by Crippen LogP contribution is -1.90. The molecule has 2 aromatic heterocycles. The molecule has 0 spiro atoms. The molecule has 0 aliphatic carbocycles. The molecule has 0 saturated carbocycles. The molecule has 102 valence electrons. The monoisotopic (exact) mass is 295 g/mol. The highest BCUT2D eigenvalue weighted by molar-refractivity contribution is 7.17. The van der Waals surface area contributed by atoms with Gasteiger partial charge in [-0.1, -0.05) is 24.3 Å². The van der Waals surface area contributed by atoms with Crippen LogP contribution in [0.4, 0.5) is 10.1 Å². The number of aromatic nitrogens is 1. The van der Waals surface area contributed by atoms with Crippen LogP contribution in [0.5, 0.6) is 0 Å². The van der Waals surface area contributed by atoms with Gasteiger partial charge >= 0.3 is 0 Å². The van der Waals surface area contributed by atoms with Crippen molar-refractivity contribution < 1.29 is 4.39 Å². The Hall–Kier alpha value is -2.71. The second kappa shape index (κ2) is 5.35. The number of hydrogen-bond donors (Lipinski definition) is 1. The first kappa shape index (κ1) is 13.3. The third-order valence-corrected chi connectivity index (χ3v) is 4.26. The number of hydrogen-bond acceptors (Lipinski definition) is 4. The second-order valence-corrected chi connectivity index (χ2v) is 5.40. The molecule has 3 nitrogen and oxygen atoms in total. The van der Waals surface area contributed by atoms with Crippen LogP contribution in [-0.2, 0) is 0 Å². The maximum atomic E-state index is 14.1. The van der Waals surface area contributed by atoms with Crippen molar-refractivity contribution >= 4 is 17.0 Å². The lowest BCUT2D eigenvalue weighted by Gasteiger charge is -2.06. The number of benzene rings is 1. The highest BCUT2D eigenvalue weighted by Crippen LogP contribution is 2.45. The van der Waals surface area contributed by atoms with Crippen LogP contribution in [0.15, 0.2) is 48.8 Å². The molecule has 0 atom stereocenters. The maximum Gasteiger partial charge on any atom is 0.131 e. The van der Waals surface area contributed by atoms with E-state index in [0.717, 1.165) is 5.56 Å². The van der Waals surface area contributed by atoms with Gasteiger partial charge in [-0.05, 0) is 12.1 Å². The summed E-state index contributed by atoms with van der Waals surface area (Å²) in [6.07, 6.45) is 3.31. The third kappa shape index (κ3) is 2.26. The van der Waals surface area contributed by atoms with Crippen molar-refractivity contribution in [3.05, 3.63) is 59.5 Å². The fourth-order valence-corrected chi connectivity index (χ4v) is 3.23. The summed E-state index contributed by atoms with van der Waals surface area (Å²) in [7, 11) is 0. The number of thiophene rings is 1. The molecule has 2 N–H and O–H groups in total. The molecule has 0 aliphatic rings. The Bertz CT molecular complexity index is 834. The van der Waals surface area contributed by atoms with Gasteiger partial charge in [0.25, 0.3) is 0 Å². The Kier molecular flexibility index (Phi) is 3.38. The van der Waals surface area contributed by atoms with E-state index in [4.69, 9.17) is 5.73 Å². The Labute approximate surface area is 125 Å². The summed E-state index contributed by atoms with van der Waals surface area (Å²) in [5.41, 5.74) is 8.31. The number of nitrogens with zero attached hydrogens (tertiary/aromatic N) is 2. The topological polar surface area (TPSA) is 62.7 Å². The predicted molar refractivity (Wildman–Crippen MR) is 82.1 cm³/mol. The molecule has 0 amide bonds. The van der Waals surface area contributed by atoms with Crippen LogP contribution in [0, 0.1) is 17.1 Å². The maximum absolute atomic E-state index is 14.1. The van der Waals surface area contributed by atoms with Crippen molar-refractivity contribution in [2.45, 2.75) is 0 Å². The Balaban J connectivity index is 2.32. The molecule has 0 fully saturated rings. The summed E-state index contributed by atoms with van der Waals surface area (Å²) >= 11 is 1.19. The minimum absolute atomic E-state index is 0.339. The summed E-state index contributed by atoms with van der Waals surface area (Å²) in [5, 5.41) is 9.19. The number of anilines is 1. The van der Waals surface area contributed by atoms with E-state index in [1.165, 1.54) is 17.4 Å². The summed E-state index contributed by atoms with van der Waals surface area (Å²) in [6.45, 7) is 0. The summed E-state index contributed by atoms with van der Waals surface area (Å²) in [6, 6.07) is 12.2. The number of halogens is 1. The van der Waals surface area contributed by atoms with Gasteiger partial charge in [-0.25, -0.2) is 4.39 Å². The number of nitriles is 1. The van der Waals surface area contributed by atoms with Gasteiger partial charge in [0.2, 0.25) is 0 Å². The standard InChI is InChI=1S/C16H10FN3S/c17-12-6-2-1-5-11(12)16-14(10-4-3-7-20-9-10)15(19)13(8-18)21-16/h1-7,9H,19H2. The smallest absolute Gasteiger partial charge is 0.131 e. The van der Waals surface area contributed by atoms with Crippen molar-refractivity contribution in [1.29, 1.82) is 5.26 Å². The number of pyridine rings is 1. The predicted octanol–water partition coefficient (Wildman–Crippen LogP) is 4.07. The van der Waals surface area contributed by atoms with Crippen LogP contribution in [0.3, 0.4) is 0 Å². The van der Waals surface area contributed by atoms with Gasteiger partial charge in [0.15, 0.2) is 0 Å². The van der Waals surface area contributed by atoms with E-state index in [-0.39, 0.29) is 5.82 Å². The molecular weight excluding hydrogens is 285 g/mol. The first-order valence-corrected chi connectivity index (χ1v) is 7.01. The van der Waals surface area contributed by atoms with Crippen molar-refractivity contribution in [1.82, 2.24) is 4.98 Å². The largest absolute Gasteiger partial charge is 0.396 e. The molecule has 2 heterocycles. The normalized spacial score (nSPS) is 10.3. The lowest BCUT2D eigenvalue weighted by molar-refractivity contribution is 0.632. The zero-order chi connectivity index (χ0) is 14.8. The van der Waals surface area contributed by atoms with Crippen molar-refractivity contribution in [3.8, 4) is 27.6 Å². The minimum Gasteiger partial charge on any atom is -0.396 e. The SMILES string of the molecule is N#Cc1sc(-c2ccccc2F)c(-c2cccnc2)c1N. The van der Waals surface area contributed by atoms with Crippen molar-refractivity contribution in [2.75, 3.05) is 5.73 Å². The first-order chi connectivity index (χ1) is 10.2.